The maximum Gasteiger partial charge on any atom is 0.238 e. The summed E-state index contributed by atoms with van der Waals surface area (Å²) < 4.78 is 4.60. The van der Waals surface area contributed by atoms with Crippen LogP contribution in [0, 0.1) is 0 Å². The number of benzene rings is 8. The lowest BCUT2D eigenvalue weighted by Crippen LogP contribution is -2.06. The molecule has 0 N–H and O–H groups in total. The van der Waals surface area contributed by atoms with Crippen LogP contribution >= 0.6 is 0 Å². The van der Waals surface area contributed by atoms with Crippen molar-refractivity contribution < 1.29 is 0 Å². The Kier molecular flexibility index (Phi) is 6.18. The number of hydrogen-bond acceptors (Lipinski definition) is 3. The zero-order valence-electron chi connectivity index (χ0n) is 28.0. The SMILES string of the molecule is c1ccc(-c2nc(-c3ccc4ccccc4c3)nc(-n3c4cc(-n5c6ccccc6c6ccccc65)ccc4c4cc5ccccc5cc43)n2)cc1. The number of rotatable bonds is 4. The summed E-state index contributed by atoms with van der Waals surface area (Å²) in [6.45, 7) is 0. The molecule has 8 aromatic carbocycles. The minimum atomic E-state index is 0.576. The third-order valence-electron chi connectivity index (χ3n) is 10.3. The predicted octanol–water partition coefficient (Wildman–Crippen LogP) is 11.7. The van der Waals surface area contributed by atoms with Crippen LogP contribution in [0.2, 0.25) is 0 Å². The fourth-order valence-corrected chi connectivity index (χ4v) is 7.89. The molecule has 0 bridgehead atoms. The number of aromatic nitrogens is 5. The third-order valence-corrected chi connectivity index (χ3v) is 10.3. The zero-order valence-corrected chi connectivity index (χ0v) is 28.0. The zero-order chi connectivity index (χ0) is 34.2. The van der Waals surface area contributed by atoms with Gasteiger partial charge >= 0.3 is 0 Å². The average Bonchev–Trinajstić information content (AvgIpc) is 3.72. The molecule has 3 heterocycles. The normalized spacial score (nSPS) is 11.8. The Morgan fingerprint density at radius 3 is 1.60 bits per heavy atom. The molecule has 0 spiro atoms. The Balaban J connectivity index is 1.24. The average molecular weight is 664 g/mol. The van der Waals surface area contributed by atoms with Crippen molar-refractivity contribution in [1.82, 2.24) is 24.1 Å². The van der Waals surface area contributed by atoms with E-state index in [0.717, 1.165) is 49.4 Å². The summed E-state index contributed by atoms with van der Waals surface area (Å²) in [5.74, 6) is 1.83. The van der Waals surface area contributed by atoms with Crippen LogP contribution < -0.4 is 0 Å². The van der Waals surface area contributed by atoms with Crippen molar-refractivity contribution in [2.24, 2.45) is 0 Å². The molecule has 5 nitrogen and oxygen atoms in total. The van der Waals surface area contributed by atoms with E-state index >= 15 is 0 Å². The molecule has 0 saturated carbocycles. The van der Waals surface area contributed by atoms with Gasteiger partial charge in [0.05, 0.1) is 22.1 Å². The van der Waals surface area contributed by atoms with E-state index in [1.54, 1.807) is 0 Å². The molecule has 0 aliphatic rings. The summed E-state index contributed by atoms with van der Waals surface area (Å²) in [7, 11) is 0. The van der Waals surface area contributed by atoms with Crippen molar-refractivity contribution in [3.05, 3.63) is 176 Å². The van der Waals surface area contributed by atoms with Crippen LogP contribution in [-0.4, -0.2) is 24.1 Å². The Morgan fingerprint density at radius 1 is 0.308 bits per heavy atom. The van der Waals surface area contributed by atoms with Crippen molar-refractivity contribution in [3.8, 4) is 34.4 Å². The first-order chi connectivity index (χ1) is 25.8. The maximum absolute atomic E-state index is 5.28. The van der Waals surface area contributed by atoms with Gasteiger partial charge in [-0.1, -0.05) is 133 Å². The molecule has 0 atom stereocenters. The minimum absolute atomic E-state index is 0.576. The summed E-state index contributed by atoms with van der Waals surface area (Å²) in [6.07, 6.45) is 0. The number of hydrogen-bond donors (Lipinski definition) is 0. The van der Waals surface area contributed by atoms with Gasteiger partial charge in [-0.15, -0.1) is 0 Å². The topological polar surface area (TPSA) is 48.5 Å². The number of nitrogens with zero attached hydrogens (tertiary/aromatic N) is 5. The lowest BCUT2D eigenvalue weighted by Gasteiger charge is -2.13. The predicted molar refractivity (Wildman–Crippen MR) is 214 cm³/mol. The van der Waals surface area contributed by atoms with Crippen LogP contribution in [0.25, 0.3) is 99.6 Å². The van der Waals surface area contributed by atoms with E-state index in [1.165, 1.54) is 32.6 Å². The van der Waals surface area contributed by atoms with E-state index < -0.39 is 0 Å². The smallest absolute Gasteiger partial charge is 0.238 e. The van der Waals surface area contributed by atoms with Crippen molar-refractivity contribution in [2.45, 2.75) is 0 Å². The number of para-hydroxylation sites is 2. The molecule has 0 aliphatic carbocycles. The van der Waals surface area contributed by atoms with Gasteiger partial charge in [-0.2, -0.15) is 9.97 Å². The minimum Gasteiger partial charge on any atom is -0.309 e. The first kappa shape index (κ1) is 28.7. The quantitative estimate of drug-likeness (QED) is 0.188. The van der Waals surface area contributed by atoms with Crippen LogP contribution in [0.3, 0.4) is 0 Å². The fourth-order valence-electron chi connectivity index (χ4n) is 7.89. The van der Waals surface area contributed by atoms with Crippen molar-refractivity contribution in [2.75, 3.05) is 0 Å². The van der Waals surface area contributed by atoms with Crippen LogP contribution in [0.5, 0.6) is 0 Å². The fraction of sp³-hybridized carbons (Fsp3) is 0. The molecule has 11 aromatic rings. The third kappa shape index (κ3) is 4.39. The van der Waals surface area contributed by atoms with E-state index in [-0.39, 0.29) is 0 Å². The lowest BCUT2D eigenvalue weighted by molar-refractivity contribution is 0.953. The van der Waals surface area contributed by atoms with Gasteiger partial charge in [-0.05, 0) is 64.0 Å². The molecule has 11 rings (SSSR count). The summed E-state index contributed by atoms with van der Waals surface area (Å²) in [5, 5.41) is 9.42. The van der Waals surface area contributed by atoms with Gasteiger partial charge in [0.15, 0.2) is 11.6 Å². The Labute approximate surface area is 298 Å². The summed E-state index contributed by atoms with van der Waals surface area (Å²) in [4.78, 5) is 15.6. The summed E-state index contributed by atoms with van der Waals surface area (Å²) in [6, 6.07) is 62.2. The highest BCUT2D eigenvalue weighted by molar-refractivity contribution is 6.14. The molecule has 242 valence electrons. The standard InChI is InChI=1S/C47H29N5/c1-2-13-31(14-3-1)45-48-46(35-23-22-30-12-4-5-15-32(30)26-35)50-47(49-45)52-43-28-34-17-7-6-16-33(34)27-40(43)39-25-24-36(29-44(39)52)51-41-20-10-8-18-37(41)38-19-9-11-21-42(38)51/h1-29H. The maximum atomic E-state index is 5.28. The Bertz CT molecular complexity index is 3140. The highest BCUT2D eigenvalue weighted by Gasteiger charge is 2.20. The van der Waals surface area contributed by atoms with Crippen LogP contribution in [0.15, 0.2) is 176 Å². The van der Waals surface area contributed by atoms with E-state index in [9.17, 15) is 0 Å². The highest BCUT2D eigenvalue weighted by Crippen LogP contribution is 2.38. The van der Waals surface area contributed by atoms with Gasteiger partial charge in [0, 0.05) is 38.4 Å². The van der Waals surface area contributed by atoms with E-state index in [4.69, 9.17) is 15.0 Å². The lowest BCUT2D eigenvalue weighted by atomic mass is 10.1. The molecule has 5 heteroatoms. The molecule has 0 aliphatic heterocycles. The van der Waals surface area contributed by atoms with Gasteiger partial charge in [-0.25, -0.2) is 4.98 Å². The second-order valence-corrected chi connectivity index (χ2v) is 13.3. The van der Waals surface area contributed by atoms with E-state index in [1.807, 2.05) is 18.2 Å². The molecular formula is C47H29N5. The van der Waals surface area contributed by atoms with Gasteiger partial charge in [0.25, 0.3) is 0 Å². The van der Waals surface area contributed by atoms with Gasteiger partial charge in [-0.3, -0.25) is 4.57 Å². The molecule has 0 fully saturated rings. The van der Waals surface area contributed by atoms with E-state index in [2.05, 4.69) is 167 Å². The largest absolute Gasteiger partial charge is 0.309 e. The molecule has 0 radical (unpaired) electrons. The van der Waals surface area contributed by atoms with E-state index in [0.29, 0.717) is 17.6 Å². The van der Waals surface area contributed by atoms with Gasteiger partial charge < -0.3 is 4.57 Å². The first-order valence-corrected chi connectivity index (χ1v) is 17.5. The summed E-state index contributed by atoms with van der Waals surface area (Å²) >= 11 is 0. The second kappa shape index (κ2) is 11.2. The molecule has 52 heavy (non-hydrogen) atoms. The molecule has 3 aromatic heterocycles. The Hall–Kier alpha value is -7.11. The monoisotopic (exact) mass is 663 g/mol. The molecular weight excluding hydrogens is 635 g/mol. The van der Waals surface area contributed by atoms with Crippen LogP contribution in [0.1, 0.15) is 0 Å². The molecule has 0 amide bonds. The Morgan fingerprint density at radius 2 is 0.865 bits per heavy atom. The summed E-state index contributed by atoms with van der Waals surface area (Å²) in [5.41, 5.74) is 7.36. The van der Waals surface area contributed by atoms with Crippen LogP contribution in [-0.2, 0) is 0 Å². The van der Waals surface area contributed by atoms with Crippen molar-refractivity contribution >= 4 is 65.2 Å². The molecule has 0 unspecified atom stereocenters. The highest BCUT2D eigenvalue weighted by atomic mass is 15.2. The van der Waals surface area contributed by atoms with Gasteiger partial charge in [0.2, 0.25) is 5.95 Å². The van der Waals surface area contributed by atoms with Crippen molar-refractivity contribution in [3.63, 3.8) is 0 Å². The van der Waals surface area contributed by atoms with Crippen molar-refractivity contribution in [1.29, 1.82) is 0 Å². The van der Waals surface area contributed by atoms with Crippen LogP contribution in [0.4, 0.5) is 0 Å². The van der Waals surface area contributed by atoms with Gasteiger partial charge in [0.1, 0.15) is 0 Å². The first-order valence-electron chi connectivity index (χ1n) is 17.5. The number of fused-ring (bicyclic) bond motifs is 8. The molecule has 0 saturated heterocycles. The second-order valence-electron chi connectivity index (χ2n) is 13.3.